The third-order valence-corrected chi connectivity index (χ3v) is 4.83. The summed E-state index contributed by atoms with van der Waals surface area (Å²) < 4.78 is 6.87. The normalized spacial score (nSPS) is 11.9. The number of aromatic nitrogens is 1. The summed E-state index contributed by atoms with van der Waals surface area (Å²) in [6, 6.07) is 12.2. The number of amides is 1. The van der Waals surface area contributed by atoms with Gasteiger partial charge in [-0.2, -0.15) is 5.10 Å². The molecule has 0 fully saturated rings. The Hall–Kier alpha value is -3.39. The highest BCUT2D eigenvalue weighted by molar-refractivity contribution is 7.07. The van der Waals surface area contributed by atoms with E-state index in [-0.39, 0.29) is 11.3 Å². The van der Waals surface area contributed by atoms with E-state index in [0.29, 0.717) is 12.1 Å². The molecule has 1 aromatic heterocycles. The van der Waals surface area contributed by atoms with Crippen molar-refractivity contribution < 1.29 is 14.6 Å². The van der Waals surface area contributed by atoms with Gasteiger partial charge in [-0.05, 0) is 55.0 Å². The Morgan fingerprint density at radius 2 is 2.04 bits per heavy atom. The number of carbonyl (C=O) groups excluding carboxylic acids is 1. The Morgan fingerprint density at radius 1 is 1.29 bits per heavy atom. The second-order valence-corrected chi connectivity index (χ2v) is 6.64. The molecule has 3 N–H and O–H groups in total. The molecule has 0 atom stereocenters. The first-order valence-corrected chi connectivity index (χ1v) is 9.44. The van der Waals surface area contributed by atoms with Crippen molar-refractivity contribution in [2.75, 3.05) is 13.7 Å². The van der Waals surface area contributed by atoms with Crippen LogP contribution in [0.2, 0.25) is 0 Å². The number of ether oxygens (including phenoxy) is 1. The molecule has 0 aliphatic rings. The molecule has 0 aliphatic carbocycles. The third-order valence-electron chi connectivity index (χ3n) is 3.97. The van der Waals surface area contributed by atoms with E-state index >= 15 is 0 Å². The molecule has 2 aromatic carbocycles. The van der Waals surface area contributed by atoms with E-state index in [1.165, 1.54) is 17.4 Å². The first-order valence-electron chi connectivity index (χ1n) is 8.56. The van der Waals surface area contributed by atoms with Gasteiger partial charge in [0.2, 0.25) is 4.80 Å². The highest BCUT2D eigenvalue weighted by Crippen LogP contribution is 2.26. The summed E-state index contributed by atoms with van der Waals surface area (Å²) in [7, 11) is 1.62. The number of nitrogens with two attached hydrogens (primary N) is 1. The summed E-state index contributed by atoms with van der Waals surface area (Å²) in [5.74, 6) is -0.0784. The molecule has 8 heteroatoms. The van der Waals surface area contributed by atoms with E-state index < -0.39 is 5.91 Å². The summed E-state index contributed by atoms with van der Waals surface area (Å²) in [6.45, 7) is 2.56. The molecule has 0 saturated heterocycles. The van der Waals surface area contributed by atoms with Crippen LogP contribution in [0.15, 0.2) is 57.9 Å². The fraction of sp³-hybridized carbons (Fsp3) is 0.150. The van der Waals surface area contributed by atoms with Crippen molar-refractivity contribution in [3.8, 4) is 22.8 Å². The van der Waals surface area contributed by atoms with Crippen molar-refractivity contribution in [2.45, 2.75) is 6.92 Å². The number of carbonyl (C=O) groups is 1. The minimum atomic E-state index is -0.693. The number of phenols is 1. The van der Waals surface area contributed by atoms with Crippen LogP contribution in [0.5, 0.6) is 11.5 Å². The Bertz CT molecular complexity index is 1080. The number of hydrogen-bond acceptors (Lipinski definition) is 6. The molecule has 0 radical (unpaired) electrons. The van der Waals surface area contributed by atoms with Crippen LogP contribution in [0.3, 0.4) is 0 Å². The lowest BCUT2D eigenvalue weighted by Gasteiger charge is -2.06. The lowest BCUT2D eigenvalue weighted by Crippen LogP contribution is -2.13. The highest BCUT2D eigenvalue weighted by Gasteiger charge is 2.13. The molecule has 0 bridgehead atoms. The van der Waals surface area contributed by atoms with Crippen LogP contribution in [0.4, 0.5) is 0 Å². The maximum atomic E-state index is 11.6. The molecular formula is C20H20N4O3S. The predicted octanol–water partition coefficient (Wildman–Crippen LogP) is 2.83. The van der Waals surface area contributed by atoms with E-state index in [9.17, 15) is 9.90 Å². The van der Waals surface area contributed by atoms with Gasteiger partial charge in [0.25, 0.3) is 5.91 Å². The van der Waals surface area contributed by atoms with E-state index in [1.807, 2.05) is 36.6 Å². The van der Waals surface area contributed by atoms with Crippen LogP contribution in [-0.2, 0) is 0 Å². The van der Waals surface area contributed by atoms with E-state index in [1.54, 1.807) is 30.1 Å². The van der Waals surface area contributed by atoms with E-state index in [0.717, 1.165) is 21.8 Å². The van der Waals surface area contributed by atoms with Crippen LogP contribution in [0, 0.1) is 0 Å². The average Bonchev–Trinajstić information content (AvgIpc) is 3.10. The van der Waals surface area contributed by atoms with Gasteiger partial charge in [0, 0.05) is 17.5 Å². The molecule has 7 nitrogen and oxygen atoms in total. The zero-order chi connectivity index (χ0) is 20.1. The third kappa shape index (κ3) is 4.12. The van der Waals surface area contributed by atoms with Crippen LogP contribution in [0.25, 0.3) is 11.3 Å². The fourth-order valence-corrected chi connectivity index (χ4v) is 3.46. The number of nitrogens with zero attached hydrogens (tertiary/aromatic N) is 3. The maximum absolute atomic E-state index is 11.6. The van der Waals surface area contributed by atoms with Crippen molar-refractivity contribution in [1.82, 2.24) is 4.68 Å². The second-order valence-electron chi connectivity index (χ2n) is 5.80. The second kappa shape index (κ2) is 8.53. The minimum Gasteiger partial charge on any atom is -0.507 e. The van der Waals surface area contributed by atoms with Gasteiger partial charge in [0.05, 0.1) is 24.6 Å². The Balaban J connectivity index is 2.06. The molecule has 144 valence electrons. The maximum Gasteiger partial charge on any atom is 0.252 e. The molecule has 1 heterocycles. The van der Waals surface area contributed by atoms with E-state index in [4.69, 9.17) is 10.5 Å². The van der Waals surface area contributed by atoms with Gasteiger partial charge in [-0.15, -0.1) is 11.3 Å². The average molecular weight is 396 g/mol. The number of benzene rings is 2. The molecule has 3 aromatic rings. The number of primary amides is 1. The first-order chi connectivity index (χ1) is 13.5. The zero-order valence-corrected chi connectivity index (χ0v) is 16.3. The van der Waals surface area contributed by atoms with Crippen molar-refractivity contribution in [1.29, 1.82) is 0 Å². The van der Waals surface area contributed by atoms with Gasteiger partial charge >= 0.3 is 0 Å². The summed E-state index contributed by atoms with van der Waals surface area (Å²) in [5.41, 5.74) is 7.75. The van der Waals surface area contributed by atoms with Gasteiger partial charge in [-0.25, -0.2) is 4.68 Å². The van der Waals surface area contributed by atoms with Gasteiger partial charge in [-0.1, -0.05) is 0 Å². The summed E-state index contributed by atoms with van der Waals surface area (Å²) in [4.78, 5) is 16.8. The smallest absolute Gasteiger partial charge is 0.252 e. The summed E-state index contributed by atoms with van der Waals surface area (Å²) in [6.07, 6.45) is 1.72. The van der Waals surface area contributed by atoms with Gasteiger partial charge < -0.3 is 15.6 Å². The van der Waals surface area contributed by atoms with Crippen LogP contribution in [0.1, 0.15) is 22.8 Å². The van der Waals surface area contributed by atoms with E-state index in [2.05, 4.69) is 10.1 Å². The standard InChI is InChI=1S/C20H20N4O3S/c1-3-22-20-24(23-11-13-4-7-15(27-2)8-5-13)17(12-28-20)14-6-9-18(25)16(10-14)19(21)26/h4-12,25H,3H2,1-2H3,(H2,21,26). The molecule has 1 amide bonds. The number of methoxy groups -OCH3 is 1. The van der Waals surface area contributed by atoms with Crippen molar-refractivity contribution in [3.63, 3.8) is 0 Å². The quantitative estimate of drug-likeness (QED) is 0.626. The molecule has 0 saturated carbocycles. The predicted molar refractivity (Wildman–Crippen MR) is 110 cm³/mol. The lowest BCUT2D eigenvalue weighted by molar-refractivity contribution is 0.0998. The largest absolute Gasteiger partial charge is 0.507 e. The van der Waals surface area contributed by atoms with Crippen molar-refractivity contribution in [2.24, 2.45) is 15.8 Å². The lowest BCUT2D eigenvalue weighted by atomic mass is 10.1. The Labute approximate surface area is 166 Å². The Morgan fingerprint density at radius 3 is 2.68 bits per heavy atom. The van der Waals surface area contributed by atoms with Gasteiger partial charge in [0.1, 0.15) is 11.5 Å². The molecule has 0 aliphatic heterocycles. The highest BCUT2D eigenvalue weighted by atomic mass is 32.1. The van der Waals surface area contributed by atoms with Crippen molar-refractivity contribution >= 4 is 23.5 Å². The molecule has 0 unspecified atom stereocenters. The molecule has 3 rings (SSSR count). The topological polar surface area (TPSA) is 102 Å². The Kier molecular flexibility index (Phi) is 5.90. The van der Waals surface area contributed by atoms with Gasteiger partial charge in [0.15, 0.2) is 0 Å². The molecular weight excluding hydrogens is 376 g/mol. The summed E-state index contributed by atoms with van der Waals surface area (Å²) in [5, 5.41) is 16.3. The van der Waals surface area contributed by atoms with Crippen molar-refractivity contribution in [3.05, 3.63) is 63.8 Å². The van der Waals surface area contributed by atoms with Crippen LogP contribution < -0.4 is 15.3 Å². The first kappa shape index (κ1) is 19.4. The molecule has 28 heavy (non-hydrogen) atoms. The number of thiazole rings is 1. The van der Waals surface area contributed by atoms with Crippen LogP contribution in [-0.4, -0.2) is 35.6 Å². The van der Waals surface area contributed by atoms with Gasteiger partial charge in [-0.3, -0.25) is 9.79 Å². The SMILES string of the molecule is CCN=c1scc(-c2ccc(O)c(C(N)=O)c2)n1N=Cc1ccc(OC)cc1. The minimum absolute atomic E-state index is 0.0587. The number of hydrogen-bond donors (Lipinski definition) is 2. The van der Waals surface area contributed by atoms with Crippen LogP contribution >= 0.6 is 11.3 Å². The number of rotatable bonds is 6. The monoisotopic (exact) mass is 396 g/mol. The molecule has 0 spiro atoms. The summed E-state index contributed by atoms with van der Waals surface area (Å²) >= 11 is 1.44. The zero-order valence-electron chi connectivity index (χ0n) is 15.5. The number of aromatic hydroxyl groups is 1. The fourth-order valence-electron chi connectivity index (χ4n) is 2.56.